The van der Waals surface area contributed by atoms with E-state index < -0.39 is 17.2 Å². The number of nitrogens with zero attached hydrogens (tertiary/aromatic N) is 3. The van der Waals surface area contributed by atoms with Crippen LogP contribution in [0.2, 0.25) is 0 Å². The van der Waals surface area contributed by atoms with E-state index in [-0.39, 0.29) is 42.5 Å². The zero-order chi connectivity index (χ0) is 28.6. The Balaban J connectivity index is 0.00000308. The number of pyridine rings is 1. The van der Waals surface area contributed by atoms with Crippen LogP contribution in [-0.2, 0) is 9.59 Å². The SMILES string of the molecule is CCCCN1C(=O)[C@@H](CC2(O)CCCCC2)NC(=O)C12CCN(CCCCOc1ccc(C(=O)NC)cn1)CC2.Cl.Cl. The molecule has 0 unspecified atom stereocenters. The maximum Gasteiger partial charge on any atom is 0.252 e. The van der Waals surface area contributed by atoms with Crippen molar-refractivity contribution in [1.82, 2.24) is 25.4 Å². The van der Waals surface area contributed by atoms with Gasteiger partial charge in [0.1, 0.15) is 11.6 Å². The highest BCUT2D eigenvalue weighted by molar-refractivity contribution is 6.00. The number of nitrogens with one attached hydrogen (secondary N) is 2. The van der Waals surface area contributed by atoms with Crippen molar-refractivity contribution in [2.75, 3.05) is 39.8 Å². The van der Waals surface area contributed by atoms with Crippen LogP contribution >= 0.6 is 24.8 Å². The third-order valence-corrected chi connectivity index (χ3v) is 8.94. The molecule has 3 amide bonds. The molecular weight excluding hydrogens is 581 g/mol. The van der Waals surface area contributed by atoms with Gasteiger partial charge in [-0.1, -0.05) is 32.6 Å². The minimum absolute atomic E-state index is 0. The van der Waals surface area contributed by atoms with Crippen molar-refractivity contribution in [2.45, 2.75) is 101 Å². The van der Waals surface area contributed by atoms with E-state index in [4.69, 9.17) is 4.74 Å². The molecule has 3 N–H and O–H groups in total. The Labute approximate surface area is 262 Å². The van der Waals surface area contributed by atoms with Crippen molar-refractivity contribution >= 4 is 42.5 Å². The largest absolute Gasteiger partial charge is 0.478 e. The first kappa shape index (κ1) is 36.1. The summed E-state index contributed by atoms with van der Waals surface area (Å²) in [7, 11) is 1.58. The topological polar surface area (TPSA) is 124 Å². The zero-order valence-corrected chi connectivity index (χ0v) is 26.7. The summed E-state index contributed by atoms with van der Waals surface area (Å²) < 4.78 is 5.73. The molecule has 42 heavy (non-hydrogen) atoms. The second kappa shape index (κ2) is 16.6. The summed E-state index contributed by atoms with van der Waals surface area (Å²) in [5.74, 6) is 0.260. The van der Waals surface area contributed by atoms with Gasteiger partial charge in [0, 0.05) is 45.4 Å². The van der Waals surface area contributed by atoms with Crippen molar-refractivity contribution in [3.63, 3.8) is 0 Å². The normalized spacial score (nSPS) is 21.6. The van der Waals surface area contributed by atoms with E-state index in [9.17, 15) is 19.5 Å². The van der Waals surface area contributed by atoms with Gasteiger partial charge in [-0.05, 0) is 57.6 Å². The number of piperazine rings is 1. The average molecular weight is 631 g/mol. The highest BCUT2D eigenvalue weighted by Gasteiger charge is 2.54. The van der Waals surface area contributed by atoms with Crippen LogP contribution in [-0.4, -0.2) is 94.6 Å². The van der Waals surface area contributed by atoms with Gasteiger partial charge in [-0.3, -0.25) is 14.4 Å². The number of unbranched alkanes of at least 4 members (excludes halogenated alkanes) is 2. The van der Waals surface area contributed by atoms with Crippen LogP contribution in [0.15, 0.2) is 18.3 Å². The standard InChI is InChI=1S/C30H47N5O5.2ClH/c1-3-4-17-35-27(37)24(21-29(39)12-6-5-7-13-29)33-28(38)30(35)14-18-34(19-15-30)16-8-9-20-40-25-11-10-23(22-32-25)26(36)31-2;;/h10-11,22,24,39H,3-9,12-21H2,1-2H3,(H,31,36)(H,33,38);2*1H/t24-;;/m1../s1. The lowest BCUT2D eigenvalue weighted by Gasteiger charge is -2.52. The fourth-order valence-corrected chi connectivity index (χ4v) is 6.45. The maximum absolute atomic E-state index is 13.7. The number of rotatable bonds is 12. The van der Waals surface area contributed by atoms with Crippen molar-refractivity contribution < 1.29 is 24.2 Å². The minimum atomic E-state index is -0.856. The molecule has 12 heteroatoms. The Morgan fingerprint density at radius 2 is 1.79 bits per heavy atom. The Bertz CT molecular complexity index is 1010. The summed E-state index contributed by atoms with van der Waals surface area (Å²) in [6, 6.07) is 2.77. The summed E-state index contributed by atoms with van der Waals surface area (Å²) in [6.07, 6.45) is 11.2. The van der Waals surface area contributed by atoms with Crippen LogP contribution in [0.1, 0.15) is 94.3 Å². The highest BCUT2D eigenvalue weighted by Crippen LogP contribution is 2.37. The summed E-state index contributed by atoms with van der Waals surface area (Å²) in [4.78, 5) is 47.4. The first-order chi connectivity index (χ1) is 19.3. The number of carbonyl (C=O) groups excluding carboxylic acids is 3. The van der Waals surface area contributed by atoms with Gasteiger partial charge in [-0.25, -0.2) is 4.98 Å². The Hall–Kier alpha value is -2.14. The summed E-state index contributed by atoms with van der Waals surface area (Å²) in [6.45, 7) is 5.67. The number of amides is 3. The molecule has 3 fully saturated rings. The third-order valence-electron chi connectivity index (χ3n) is 8.94. The first-order valence-electron chi connectivity index (χ1n) is 15.2. The zero-order valence-electron chi connectivity index (χ0n) is 25.1. The van der Waals surface area contributed by atoms with Gasteiger partial charge in [-0.15, -0.1) is 24.8 Å². The molecule has 0 radical (unpaired) electrons. The molecule has 1 aromatic rings. The van der Waals surface area contributed by atoms with E-state index >= 15 is 0 Å². The van der Waals surface area contributed by atoms with Gasteiger partial charge in [0.2, 0.25) is 17.7 Å². The number of piperidine rings is 1. The molecule has 1 spiro atoms. The fraction of sp³-hybridized carbons (Fsp3) is 0.733. The predicted octanol–water partition coefficient (Wildman–Crippen LogP) is 3.49. The van der Waals surface area contributed by atoms with Gasteiger partial charge in [0.05, 0.1) is 17.8 Å². The number of halogens is 2. The Morgan fingerprint density at radius 3 is 2.40 bits per heavy atom. The minimum Gasteiger partial charge on any atom is -0.478 e. The van der Waals surface area contributed by atoms with Crippen molar-refractivity contribution in [1.29, 1.82) is 0 Å². The molecule has 1 aliphatic carbocycles. The number of hydrogen-bond donors (Lipinski definition) is 3. The van der Waals surface area contributed by atoms with E-state index in [0.717, 1.165) is 64.6 Å². The van der Waals surface area contributed by atoms with Gasteiger partial charge in [0.15, 0.2) is 0 Å². The van der Waals surface area contributed by atoms with Crippen LogP contribution in [0.3, 0.4) is 0 Å². The number of aromatic nitrogens is 1. The fourth-order valence-electron chi connectivity index (χ4n) is 6.45. The molecule has 1 aromatic heterocycles. The van der Waals surface area contributed by atoms with Crippen LogP contribution in [0.5, 0.6) is 5.88 Å². The molecule has 3 heterocycles. The lowest BCUT2D eigenvalue weighted by atomic mass is 9.77. The molecule has 10 nitrogen and oxygen atoms in total. The van der Waals surface area contributed by atoms with Crippen LogP contribution < -0.4 is 15.4 Å². The number of hydrogen-bond acceptors (Lipinski definition) is 7. The first-order valence-corrected chi connectivity index (χ1v) is 15.2. The van der Waals surface area contributed by atoms with E-state index in [1.165, 1.54) is 6.20 Å². The molecule has 1 atom stereocenters. The Kier molecular flexibility index (Phi) is 14.3. The smallest absolute Gasteiger partial charge is 0.252 e. The molecular formula is C30H49Cl2N5O5. The second-order valence-electron chi connectivity index (χ2n) is 11.8. The quantitative estimate of drug-likeness (QED) is 0.302. The van der Waals surface area contributed by atoms with E-state index in [1.54, 1.807) is 19.2 Å². The lowest BCUT2D eigenvalue weighted by Crippen LogP contribution is -2.73. The molecule has 2 saturated heterocycles. The second-order valence-corrected chi connectivity index (χ2v) is 11.8. The molecule has 2 aliphatic heterocycles. The number of carbonyl (C=O) groups is 3. The van der Waals surface area contributed by atoms with Crippen molar-refractivity contribution in [2.24, 2.45) is 0 Å². The van der Waals surface area contributed by atoms with Gasteiger partial charge in [0.25, 0.3) is 5.91 Å². The Morgan fingerprint density at radius 1 is 1.07 bits per heavy atom. The van der Waals surface area contributed by atoms with E-state index in [2.05, 4.69) is 27.4 Å². The van der Waals surface area contributed by atoms with Crippen LogP contribution in [0.4, 0.5) is 0 Å². The third kappa shape index (κ3) is 8.71. The molecule has 238 valence electrons. The number of ether oxygens (including phenoxy) is 1. The van der Waals surface area contributed by atoms with Gasteiger partial charge >= 0.3 is 0 Å². The van der Waals surface area contributed by atoms with Gasteiger partial charge < -0.3 is 30.3 Å². The predicted molar refractivity (Wildman–Crippen MR) is 166 cm³/mol. The molecule has 3 aliphatic rings. The molecule has 0 bridgehead atoms. The van der Waals surface area contributed by atoms with E-state index in [0.29, 0.717) is 56.7 Å². The lowest BCUT2D eigenvalue weighted by molar-refractivity contribution is -0.163. The molecule has 0 aromatic carbocycles. The number of aliphatic hydroxyl groups is 1. The van der Waals surface area contributed by atoms with Gasteiger partial charge in [-0.2, -0.15) is 0 Å². The van der Waals surface area contributed by atoms with E-state index in [1.807, 2.05) is 4.90 Å². The van der Waals surface area contributed by atoms with Crippen molar-refractivity contribution in [3.05, 3.63) is 23.9 Å². The van der Waals surface area contributed by atoms with Crippen LogP contribution in [0.25, 0.3) is 0 Å². The summed E-state index contributed by atoms with van der Waals surface area (Å²) >= 11 is 0. The summed E-state index contributed by atoms with van der Waals surface area (Å²) in [5.41, 5.74) is -1.15. The van der Waals surface area contributed by atoms with Crippen LogP contribution in [0, 0.1) is 0 Å². The summed E-state index contributed by atoms with van der Waals surface area (Å²) in [5, 5.41) is 16.7. The average Bonchev–Trinajstić information content (AvgIpc) is 2.97. The molecule has 1 saturated carbocycles. The molecule has 4 rings (SSSR count). The monoisotopic (exact) mass is 629 g/mol. The van der Waals surface area contributed by atoms with Crippen molar-refractivity contribution in [3.8, 4) is 5.88 Å². The maximum atomic E-state index is 13.7. The highest BCUT2D eigenvalue weighted by atomic mass is 35.5. The number of likely N-dealkylation sites (tertiary alicyclic amines) is 1.